The first-order valence-corrected chi connectivity index (χ1v) is 8.61. The SMILES string of the molecule is COc1ccc2nc(CCN(C)c3cc(C)nc4cc(C)nn34)[nH]c2c1. The van der Waals surface area contributed by atoms with Crippen molar-refractivity contribution < 1.29 is 4.74 Å². The summed E-state index contributed by atoms with van der Waals surface area (Å²) in [5, 5.41) is 4.56. The molecule has 0 aliphatic heterocycles. The third-order valence-corrected chi connectivity index (χ3v) is 4.47. The molecule has 0 saturated heterocycles. The van der Waals surface area contributed by atoms with Crippen LogP contribution in [0.2, 0.25) is 0 Å². The predicted molar refractivity (Wildman–Crippen MR) is 102 cm³/mol. The highest BCUT2D eigenvalue weighted by atomic mass is 16.5. The molecule has 0 spiro atoms. The van der Waals surface area contributed by atoms with Crippen LogP contribution in [0, 0.1) is 13.8 Å². The number of benzene rings is 1. The number of rotatable bonds is 5. The first kappa shape index (κ1) is 16.4. The Bertz CT molecular complexity index is 1080. The van der Waals surface area contributed by atoms with Crippen LogP contribution >= 0.6 is 0 Å². The van der Waals surface area contributed by atoms with Gasteiger partial charge in [-0.2, -0.15) is 9.61 Å². The molecule has 3 heterocycles. The van der Waals surface area contributed by atoms with E-state index in [1.165, 1.54) is 0 Å². The molecule has 0 atom stereocenters. The Labute approximate surface area is 151 Å². The number of aryl methyl sites for hydroxylation is 2. The molecular formula is C19H22N6O. The molecule has 0 unspecified atom stereocenters. The first-order valence-electron chi connectivity index (χ1n) is 8.61. The second-order valence-electron chi connectivity index (χ2n) is 6.55. The van der Waals surface area contributed by atoms with Gasteiger partial charge >= 0.3 is 0 Å². The lowest BCUT2D eigenvalue weighted by molar-refractivity contribution is 0.415. The highest BCUT2D eigenvalue weighted by Gasteiger charge is 2.12. The number of methoxy groups -OCH3 is 1. The third-order valence-electron chi connectivity index (χ3n) is 4.47. The van der Waals surface area contributed by atoms with Gasteiger partial charge in [0.05, 0.1) is 23.8 Å². The van der Waals surface area contributed by atoms with E-state index in [9.17, 15) is 0 Å². The van der Waals surface area contributed by atoms with E-state index >= 15 is 0 Å². The molecule has 7 heteroatoms. The van der Waals surface area contributed by atoms with E-state index in [4.69, 9.17) is 4.74 Å². The van der Waals surface area contributed by atoms with Crippen molar-refractivity contribution >= 4 is 22.5 Å². The molecule has 0 bridgehead atoms. The van der Waals surface area contributed by atoms with E-state index in [0.29, 0.717) is 0 Å². The lowest BCUT2D eigenvalue weighted by Gasteiger charge is -2.19. The number of nitrogens with one attached hydrogen (secondary N) is 1. The summed E-state index contributed by atoms with van der Waals surface area (Å²) >= 11 is 0. The van der Waals surface area contributed by atoms with Gasteiger partial charge in [0.15, 0.2) is 5.65 Å². The maximum absolute atomic E-state index is 5.27. The Hall–Kier alpha value is -3.09. The van der Waals surface area contributed by atoms with Crippen molar-refractivity contribution in [2.75, 3.05) is 25.6 Å². The van der Waals surface area contributed by atoms with Crippen molar-refractivity contribution in [2.24, 2.45) is 0 Å². The van der Waals surface area contributed by atoms with E-state index in [-0.39, 0.29) is 0 Å². The average Bonchev–Trinajstić information content (AvgIpc) is 3.19. The molecule has 4 rings (SSSR count). The van der Waals surface area contributed by atoms with Crippen molar-refractivity contribution in [2.45, 2.75) is 20.3 Å². The summed E-state index contributed by atoms with van der Waals surface area (Å²) in [5.74, 6) is 2.81. The minimum atomic E-state index is 0.802. The number of likely N-dealkylation sites (N-methyl/N-ethyl adjacent to an activating group) is 1. The summed E-state index contributed by atoms with van der Waals surface area (Å²) in [4.78, 5) is 14.8. The zero-order valence-corrected chi connectivity index (χ0v) is 15.4. The lowest BCUT2D eigenvalue weighted by Crippen LogP contribution is -2.23. The Balaban J connectivity index is 1.56. The van der Waals surface area contributed by atoms with Crippen molar-refractivity contribution in [3.05, 3.63) is 47.5 Å². The van der Waals surface area contributed by atoms with Crippen LogP contribution in [0.3, 0.4) is 0 Å². The van der Waals surface area contributed by atoms with Gasteiger partial charge in [-0.15, -0.1) is 0 Å². The zero-order chi connectivity index (χ0) is 18.3. The summed E-state index contributed by atoms with van der Waals surface area (Å²) in [6, 6.07) is 9.92. The van der Waals surface area contributed by atoms with E-state index in [1.54, 1.807) is 7.11 Å². The topological polar surface area (TPSA) is 71.3 Å². The van der Waals surface area contributed by atoms with Crippen LogP contribution in [0.25, 0.3) is 16.7 Å². The second kappa shape index (κ2) is 6.33. The van der Waals surface area contributed by atoms with Crippen LogP contribution in [0.1, 0.15) is 17.2 Å². The van der Waals surface area contributed by atoms with Crippen LogP contribution in [0.4, 0.5) is 5.82 Å². The Kier molecular flexibility index (Phi) is 3.99. The van der Waals surface area contributed by atoms with Crippen LogP contribution < -0.4 is 9.64 Å². The van der Waals surface area contributed by atoms with Crippen molar-refractivity contribution in [1.29, 1.82) is 0 Å². The number of ether oxygens (including phenoxy) is 1. The molecule has 4 aromatic rings. The van der Waals surface area contributed by atoms with Gasteiger partial charge in [-0.25, -0.2) is 9.97 Å². The first-order chi connectivity index (χ1) is 12.5. The smallest absolute Gasteiger partial charge is 0.157 e. The molecule has 0 radical (unpaired) electrons. The fourth-order valence-corrected chi connectivity index (χ4v) is 3.14. The Morgan fingerprint density at radius 2 is 1.96 bits per heavy atom. The van der Waals surface area contributed by atoms with Gasteiger partial charge in [0, 0.05) is 43.9 Å². The molecule has 0 saturated carbocycles. The van der Waals surface area contributed by atoms with Crippen LogP contribution in [0.15, 0.2) is 30.3 Å². The number of imidazole rings is 1. The summed E-state index contributed by atoms with van der Waals surface area (Å²) in [5.41, 5.74) is 4.76. The van der Waals surface area contributed by atoms with Gasteiger partial charge in [-0.1, -0.05) is 0 Å². The fraction of sp³-hybridized carbons (Fsp3) is 0.316. The molecule has 1 N–H and O–H groups in total. The maximum Gasteiger partial charge on any atom is 0.157 e. The number of hydrogen-bond donors (Lipinski definition) is 1. The summed E-state index contributed by atoms with van der Waals surface area (Å²) in [6.07, 6.45) is 0.802. The van der Waals surface area contributed by atoms with Crippen molar-refractivity contribution in [3.63, 3.8) is 0 Å². The maximum atomic E-state index is 5.27. The monoisotopic (exact) mass is 350 g/mol. The second-order valence-corrected chi connectivity index (χ2v) is 6.55. The molecule has 134 valence electrons. The summed E-state index contributed by atoms with van der Waals surface area (Å²) in [6.45, 7) is 4.80. The van der Waals surface area contributed by atoms with E-state index in [0.717, 1.165) is 58.4 Å². The largest absolute Gasteiger partial charge is 0.497 e. The average molecular weight is 350 g/mol. The van der Waals surface area contributed by atoms with Gasteiger partial charge in [0.2, 0.25) is 0 Å². The minimum Gasteiger partial charge on any atom is -0.497 e. The number of fused-ring (bicyclic) bond motifs is 2. The molecule has 7 nitrogen and oxygen atoms in total. The molecular weight excluding hydrogens is 328 g/mol. The van der Waals surface area contributed by atoms with E-state index in [2.05, 4.69) is 38.1 Å². The molecule has 0 aliphatic rings. The zero-order valence-electron chi connectivity index (χ0n) is 15.4. The summed E-state index contributed by atoms with van der Waals surface area (Å²) < 4.78 is 7.16. The number of aromatic amines is 1. The van der Waals surface area contributed by atoms with Crippen LogP contribution in [-0.4, -0.2) is 45.3 Å². The standard InChI is InChI=1S/C19H22N6O/c1-12-10-19(25-18(20-12)9-13(2)23-25)24(3)8-7-17-21-15-6-5-14(26-4)11-16(15)22-17/h5-6,9-11H,7-8H2,1-4H3,(H,21,22). The minimum absolute atomic E-state index is 0.802. The predicted octanol–water partition coefficient (Wildman–Crippen LogP) is 2.91. The van der Waals surface area contributed by atoms with Crippen LogP contribution in [0.5, 0.6) is 5.75 Å². The highest BCUT2D eigenvalue weighted by Crippen LogP contribution is 2.20. The number of H-pyrrole nitrogens is 1. The van der Waals surface area contributed by atoms with Crippen molar-refractivity contribution in [3.8, 4) is 5.75 Å². The Morgan fingerprint density at radius 3 is 2.77 bits per heavy atom. The van der Waals surface area contributed by atoms with E-state index in [1.807, 2.05) is 42.6 Å². The van der Waals surface area contributed by atoms with Crippen LogP contribution in [-0.2, 0) is 6.42 Å². The Morgan fingerprint density at radius 1 is 1.12 bits per heavy atom. The molecule has 0 amide bonds. The van der Waals surface area contributed by atoms with Gasteiger partial charge < -0.3 is 14.6 Å². The molecule has 3 aromatic heterocycles. The number of hydrogen-bond acceptors (Lipinski definition) is 5. The molecule has 0 aliphatic carbocycles. The third kappa shape index (κ3) is 2.96. The van der Waals surface area contributed by atoms with Gasteiger partial charge in [0.25, 0.3) is 0 Å². The van der Waals surface area contributed by atoms with E-state index < -0.39 is 0 Å². The lowest BCUT2D eigenvalue weighted by atomic mass is 10.3. The molecule has 0 fully saturated rings. The number of anilines is 1. The van der Waals surface area contributed by atoms with Crippen molar-refractivity contribution in [1.82, 2.24) is 24.6 Å². The normalized spacial score (nSPS) is 11.4. The van der Waals surface area contributed by atoms with Gasteiger partial charge in [-0.05, 0) is 26.0 Å². The molecule has 26 heavy (non-hydrogen) atoms. The van der Waals surface area contributed by atoms with Gasteiger partial charge in [0.1, 0.15) is 17.4 Å². The van der Waals surface area contributed by atoms with Gasteiger partial charge in [-0.3, -0.25) is 0 Å². The summed E-state index contributed by atoms with van der Waals surface area (Å²) in [7, 11) is 3.73. The molecule has 1 aromatic carbocycles. The number of aromatic nitrogens is 5. The fourth-order valence-electron chi connectivity index (χ4n) is 3.14. The number of nitrogens with zero attached hydrogens (tertiary/aromatic N) is 5. The quantitative estimate of drug-likeness (QED) is 0.599. The highest BCUT2D eigenvalue weighted by molar-refractivity contribution is 5.76.